The van der Waals surface area contributed by atoms with Gasteiger partial charge in [-0.2, -0.15) is 4.98 Å². The minimum atomic E-state index is -4.73. The highest BCUT2D eigenvalue weighted by Crippen LogP contribution is 2.26. The molecule has 0 radical (unpaired) electrons. The van der Waals surface area contributed by atoms with Gasteiger partial charge < -0.3 is 9.26 Å². The van der Waals surface area contributed by atoms with E-state index in [9.17, 15) is 18.0 Å². The van der Waals surface area contributed by atoms with Gasteiger partial charge in [0.05, 0.1) is 11.0 Å². The molecule has 0 spiro atoms. The summed E-state index contributed by atoms with van der Waals surface area (Å²) in [5, 5.41) is 3.59. The van der Waals surface area contributed by atoms with Crippen LogP contribution in [0.5, 0.6) is 5.75 Å². The molecule has 0 amide bonds. The van der Waals surface area contributed by atoms with E-state index in [-0.39, 0.29) is 22.6 Å². The summed E-state index contributed by atoms with van der Waals surface area (Å²) in [5.41, 5.74) is 0.499. The van der Waals surface area contributed by atoms with Gasteiger partial charge in [-0.15, -0.1) is 24.9 Å². The number of alkyl halides is 3. The fourth-order valence-corrected chi connectivity index (χ4v) is 2.29. The first kappa shape index (κ1) is 17.3. The van der Waals surface area contributed by atoms with Gasteiger partial charge in [0, 0.05) is 5.56 Å². The Labute approximate surface area is 134 Å². The second-order valence-corrected chi connectivity index (χ2v) is 5.98. The molecule has 23 heavy (non-hydrogen) atoms. The van der Waals surface area contributed by atoms with E-state index in [1.807, 2.05) is 0 Å². The molecule has 0 fully saturated rings. The van der Waals surface area contributed by atoms with Gasteiger partial charge in [-0.3, -0.25) is 4.79 Å². The Morgan fingerprint density at radius 3 is 2.57 bits per heavy atom. The van der Waals surface area contributed by atoms with Crippen LogP contribution in [0.25, 0.3) is 11.4 Å². The standard InChI is InChI=1S/C14H13F3N2O3S/c1-8(20)9(2)23-7-12-18-13(19-22-12)10-3-5-11(6-4-10)21-14(15,16)17/h3-6,9H,7H2,1-2H3. The number of hydrogen-bond acceptors (Lipinski definition) is 6. The average Bonchev–Trinajstić information content (AvgIpc) is 2.92. The smallest absolute Gasteiger partial charge is 0.406 e. The van der Waals surface area contributed by atoms with Crippen LogP contribution in [0.3, 0.4) is 0 Å². The van der Waals surface area contributed by atoms with Crippen LogP contribution < -0.4 is 4.74 Å². The van der Waals surface area contributed by atoms with Crippen molar-refractivity contribution in [2.45, 2.75) is 31.2 Å². The highest BCUT2D eigenvalue weighted by Gasteiger charge is 2.31. The summed E-state index contributed by atoms with van der Waals surface area (Å²) in [6, 6.07) is 5.15. The topological polar surface area (TPSA) is 65.2 Å². The van der Waals surface area contributed by atoms with Crippen molar-refractivity contribution >= 4 is 17.5 Å². The first-order valence-electron chi connectivity index (χ1n) is 6.55. The molecule has 124 valence electrons. The maximum atomic E-state index is 12.1. The highest BCUT2D eigenvalue weighted by molar-refractivity contribution is 7.99. The van der Waals surface area contributed by atoms with Crippen molar-refractivity contribution in [1.29, 1.82) is 0 Å². The number of carbonyl (C=O) groups excluding carboxylic acids is 1. The van der Waals surface area contributed by atoms with Crippen molar-refractivity contribution in [2.75, 3.05) is 0 Å². The van der Waals surface area contributed by atoms with E-state index in [1.165, 1.54) is 43.0 Å². The van der Waals surface area contributed by atoms with E-state index in [4.69, 9.17) is 4.52 Å². The Hall–Kier alpha value is -2.03. The minimum absolute atomic E-state index is 0.0509. The van der Waals surface area contributed by atoms with E-state index in [0.717, 1.165) is 0 Å². The van der Waals surface area contributed by atoms with Crippen LogP contribution in [-0.2, 0) is 10.5 Å². The Balaban J connectivity index is 2.01. The molecule has 1 atom stereocenters. The Bertz CT molecular complexity index is 671. The Kier molecular flexibility index (Phi) is 5.30. The van der Waals surface area contributed by atoms with Gasteiger partial charge in [-0.05, 0) is 38.1 Å². The zero-order valence-electron chi connectivity index (χ0n) is 12.3. The molecule has 5 nitrogen and oxygen atoms in total. The van der Waals surface area contributed by atoms with Crippen LogP contribution in [0.4, 0.5) is 13.2 Å². The first-order chi connectivity index (χ1) is 10.7. The predicted molar refractivity (Wildman–Crippen MR) is 77.9 cm³/mol. The number of ether oxygens (including phenoxy) is 1. The maximum Gasteiger partial charge on any atom is 0.573 e. The Morgan fingerprint density at radius 1 is 1.35 bits per heavy atom. The number of carbonyl (C=O) groups is 1. The molecule has 1 aromatic heterocycles. The lowest BCUT2D eigenvalue weighted by Crippen LogP contribution is -2.16. The van der Waals surface area contributed by atoms with E-state index < -0.39 is 6.36 Å². The molecule has 0 aliphatic heterocycles. The number of thioether (sulfide) groups is 1. The van der Waals surface area contributed by atoms with Crippen LogP contribution in [0.2, 0.25) is 0 Å². The van der Waals surface area contributed by atoms with Gasteiger partial charge in [0.15, 0.2) is 0 Å². The fraction of sp³-hybridized carbons (Fsp3) is 0.357. The number of hydrogen-bond donors (Lipinski definition) is 0. The fourth-order valence-electron chi connectivity index (χ4n) is 1.55. The first-order valence-corrected chi connectivity index (χ1v) is 7.60. The summed E-state index contributed by atoms with van der Waals surface area (Å²) in [5.74, 6) is 0.706. The third kappa shape index (κ3) is 5.27. The molecule has 0 bridgehead atoms. The van der Waals surface area contributed by atoms with Crippen molar-refractivity contribution in [2.24, 2.45) is 0 Å². The SMILES string of the molecule is CC(=O)C(C)SCc1nc(-c2ccc(OC(F)(F)F)cc2)no1. The monoisotopic (exact) mass is 346 g/mol. The quantitative estimate of drug-likeness (QED) is 0.792. The van der Waals surface area contributed by atoms with Crippen molar-refractivity contribution in [3.63, 3.8) is 0 Å². The molecule has 9 heteroatoms. The van der Waals surface area contributed by atoms with Gasteiger partial charge in [0.1, 0.15) is 11.5 Å². The van der Waals surface area contributed by atoms with Gasteiger partial charge in [0.25, 0.3) is 0 Å². The maximum absolute atomic E-state index is 12.1. The van der Waals surface area contributed by atoms with Gasteiger partial charge in [-0.25, -0.2) is 0 Å². The number of ketones is 1. The summed E-state index contributed by atoms with van der Waals surface area (Å²) < 4.78 is 45.1. The second-order valence-electron chi connectivity index (χ2n) is 4.65. The molecule has 2 aromatic rings. The third-order valence-corrected chi connectivity index (χ3v) is 4.09. The van der Waals surface area contributed by atoms with E-state index >= 15 is 0 Å². The van der Waals surface area contributed by atoms with Crippen LogP contribution >= 0.6 is 11.8 Å². The summed E-state index contributed by atoms with van der Waals surface area (Å²) in [7, 11) is 0. The average molecular weight is 346 g/mol. The number of nitrogens with zero attached hydrogens (tertiary/aromatic N) is 2. The van der Waals surface area contributed by atoms with Crippen LogP contribution in [0.15, 0.2) is 28.8 Å². The van der Waals surface area contributed by atoms with Gasteiger partial charge >= 0.3 is 6.36 Å². The molecule has 2 rings (SSSR count). The molecule has 0 aliphatic rings. The number of aromatic nitrogens is 2. The second kappa shape index (κ2) is 7.03. The molecule has 1 unspecified atom stereocenters. The van der Waals surface area contributed by atoms with Crippen molar-refractivity contribution < 1.29 is 27.2 Å². The molecule has 0 saturated carbocycles. The number of rotatable bonds is 6. The lowest BCUT2D eigenvalue weighted by atomic mass is 10.2. The lowest BCUT2D eigenvalue weighted by molar-refractivity contribution is -0.274. The molecule has 1 aromatic carbocycles. The number of halogens is 3. The van der Waals surface area contributed by atoms with Crippen molar-refractivity contribution in [3.05, 3.63) is 30.2 Å². The van der Waals surface area contributed by atoms with Crippen molar-refractivity contribution in [3.8, 4) is 17.1 Å². The van der Waals surface area contributed by atoms with Crippen molar-refractivity contribution in [1.82, 2.24) is 10.1 Å². The summed E-state index contributed by atoms with van der Waals surface area (Å²) in [4.78, 5) is 15.3. The molecule has 0 N–H and O–H groups in total. The normalized spacial score (nSPS) is 12.9. The van der Waals surface area contributed by atoms with E-state index in [2.05, 4.69) is 14.9 Å². The zero-order valence-corrected chi connectivity index (χ0v) is 13.1. The molecule has 0 saturated heterocycles. The van der Waals surface area contributed by atoms with E-state index in [1.54, 1.807) is 6.92 Å². The number of Topliss-reactive ketones (excluding diaryl/α,β-unsaturated/α-hetero) is 1. The molecular formula is C14H13F3N2O3S. The summed E-state index contributed by atoms with van der Waals surface area (Å²) >= 11 is 1.36. The summed E-state index contributed by atoms with van der Waals surface area (Å²) in [6.07, 6.45) is -4.73. The summed E-state index contributed by atoms with van der Waals surface area (Å²) in [6.45, 7) is 3.28. The molecule has 1 heterocycles. The van der Waals surface area contributed by atoms with Crippen LogP contribution in [0, 0.1) is 0 Å². The Morgan fingerprint density at radius 2 is 2.00 bits per heavy atom. The van der Waals surface area contributed by atoms with E-state index in [0.29, 0.717) is 17.2 Å². The van der Waals surface area contributed by atoms with Crippen LogP contribution in [-0.4, -0.2) is 27.5 Å². The van der Waals surface area contributed by atoms with Gasteiger partial charge in [0.2, 0.25) is 11.7 Å². The molecule has 0 aliphatic carbocycles. The zero-order chi connectivity index (χ0) is 17.0. The van der Waals surface area contributed by atoms with Crippen LogP contribution in [0.1, 0.15) is 19.7 Å². The predicted octanol–water partition coefficient (Wildman–Crippen LogP) is 3.85. The molecular weight excluding hydrogens is 333 g/mol. The lowest BCUT2D eigenvalue weighted by Gasteiger charge is -2.08. The highest BCUT2D eigenvalue weighted by atomic mass is 32.2. The minimum Gasteiger partial charge on any atom is -0.406 e. The largest absolute Gasteiger partial charge is 0.573 e. The number of benzene rings is 1. The third-order valence-electron chi connectivity index (χ3n) is 2.84. The van der Waals surface area contributed by atoms with Gasteiger partial charge in [-0.1, -0.05) is 5.16 Å².